The summed E-state index contributed by atoms with van der Waals surface area (Å²) >= 11 is 0. The Hall–Kier alpha value is -3.35. The summed E-state index contributed by atoms with van der Waals surface area (Å²) in [5.41, 5.74) is 1.45. The van der Waals surface area contributed by atoms with E-state index in [1.54, 1.807) is 42.5 Å². The first kappa shape index (κ1) is 18.4. The van der Waals surface area contributed by atoms with Gasteiger partial charge in [0.1, 0.15) is 5.75 Å². The zero-order chi connectivity index (χ0) is 19.6. The lowest BCUT2D eigenvalue weighted by molar-refractivity contribution is -0.123. The molecule has 0 saturated heterocycles. The first-order chi connectivity index (χ1) is 12.7. The summed E-state index contributed by atoms with van der Waals surface area (Å²) in [4.78, 5) is 36.1. The molecule has 2 aromatic carbocycles. The summed E-state index contributed by atoms with van der Waals surface area (Å²) in [6.45, 7) is 5.43. The highest BCUT2D eigenvalue weighted by atomic mass is 16.5. The Kier molecular flexibility index (Phi) is 4.85. The van der Waals surface area contributed by atoms with Crippen LogP contribution in [0.3, 0.4) is 0 Å². The molecule has 140 valence electrons. The topological polar surface area (TPSA) is 96.5 Å². The van der Waals surface area contributed by atoms with Crippen molar-refractivity contribution in [3.63, 3.8) is 0 Å². The second-order valence-corrected chi connectivity index (χ2v) is 7.29. The molecule has 2 aromatic rings. The summed E-state index contributed by atoms with van der Waals surface area (Å²) in [5, 5.41) is 8.27. The molecular weight excluding hydrogens is 346 g/mol. The van der Waals surface area contributed by atoms with E-state index in [9.17, 15) is 14.4 Å². The Bertz CT molecular complexity index is 916. The number of fused-ring (bicyclic) bond motifs is 1. The highest BCUT2D eigenvalue weighted by Crippen LogP contribution is 2.30. The summed E-state index contributed by atoms with van der Waals surface area (Å²) in [5.74, 6) is -0.150. The van der Waals surface area contributed by atoms with E-state index in [2.05, 4.69) is 16.0 Å². The van der Waals surface area contributed by atoms with Crippen LogP contribution >= 0.6 is 0 Å². The van der Waals surface area contributed by atoms with Crippen molar-refractivity contribution in [2.24, 2.45) is 5.41 Å². The molecule has 0 saturated carbocycles. The van der Waals surface area contributed by atoms with E-state index in [0.717, 1.165) is 0 Å². The minimum Gasteiger partial charge on any atom is -0.482 e. The van der Waals surface area contributed by atoms with Crippen molar-refractivity contribution < 1.29 is 19.1 Å². The number of rotatable bonds is 3. The predicted octanol–water partition coefficient (Wildman–Crippen LogP) is 3.25. The van der Waals surface area contributed by atoms with Gasteiger partial charge in [0.25, 0.3) is 11.8 Å². The van der Waals surface area contributed by atoms with Crippen molar-refractivity contribution >= 4 is 34.8 Å². The molecule has 0 spiro atoms. The van der Waals surface area contributed by atoms with Gasteiger partial charge in [-0.2, -0.15) is 0 Å². The Morgan fingerprint density at radius 3 is 2.52 bits per heavy atom. The zero-order valence-corrected chi connectivity index (χ0v) is 15.4. The van der Waals surface area contributed by atoms with E-state index in [1.807, 2.05) is 20.8 Å². The molecule has 0 radical (unpaired) electrons. The van der Waals surface area contributed by atoms with Crippen LogP contribution in [0.15, 0.2) is 42.5 Å². The number of benzene rings is 2. The number of amides is 3. The van der Waals surface area contributed by atoms with Gasteiger partial charge in [0.2, 0.25) is 5.91 Å². The van der Waals surface area contributed by atoms with Crippen LogP contribution < -0.4 is 20.7 Å². The number of hydrogen-bond acceptors (Lipinski definition) is 4. The molecule has 7 nitrogen and oxygen atoms in total. The van der Waals surface area contributed by atoms with Gasteiger partial charge in [0, 0.05) is 22.4 Å². The number of nitrogens with one attached hydrogen (secondary N) is 3. The summed E-state index contributed by atoms with van der Waals surface area (Å²) in [6, 6.07) is 11.7. The van der Waals surface area contributed by atoms with Gasteiger partial charge in [-0.1, -0.05) is 26.8 Å². The number of carbonyl (C=O) groups excluding carboxylic acids is 3. The second-order valence-electron chi connectivity index (χ2n) is 7.29. The highest BCUT2D eigenvalue weighted by Gasteiger charge is 2.21. The fourth-order valence-corrected chi connectivity index (χ4v) is 2.42. The molecule has 7 heteroatoms. The smallest absolute Gasteiger partial charge is 0.262 e. The molecule has 3 rings (SSSR count). The van der Waals surface area contributed by atoms with Gasteiger partial charge < -0.3 is 20.7 Å². The van der Waals surface area contributed by atoms with Gasteiger partial charge in [0.05, 0.1) is 5.69 Å². The maximum Gasteiger partial charge on any atom is 0.262 e. The molecule has 1 heterocycles. The Balaban J connectivity index is 1.73. The Morgan fingerprint density at radius 1 is 1.04 bits per heavy atom. The maximum absolute atomic E-state index is 12.5. The van der Waals surface area contributed by atoms with Crippen LogP contribution in [-0.4, -0.2) is 24.3 Å². The van der Waals surface area contributed by atoms with Crippen LogP contribution in [0.2, 0.25) is 0 Å². The number of ether oxygens (including phenoxy) is 1. The lowest BCUT2D eigenvalue weighted by Crippen LogP contribution is -2.27. The van der Waals surface area contributed by atoms with E-state index in [1.165, 1.54) is 0 Å². The average Bonchev–Trinajstić information content (AvgIpc) is 2.60. The molecule has 0 bridgehead atoms. The Labute approximate surface area is 157 Å². The maximum atomic E-state index is 12.5. The lowest BCUT2D eigenvalue weighted by Gasteiger charge is -2.19. The number of carbonyl (C=O) groups is 3. The van der Waals surface area contributed by atoms with E-state index in [4.69, 9.17) is 4.74 Å². The van der Waals surface area contributed by atoms with E-state index >= 15 is 0 Å². The van der Waals surface area contributed by atoms with E-state index < -0.39 is 5.41 Å². The fraction of sp³-hybridized carbons (Fsp3) is 0.250. The molecule has 3 amide bonds. The van der Waals surface area contributed by atoms with Crippen LogP contribution in [-0.2, 0) is 9.59 Å². The van der Waals surface area contributed by atoms with Crippen molar-refractivity contribution in [2.75, 3.05) is 22.6 Å². The van der Waals surface area contributed by atoms with Crippen LogP contribution in [0.1, 0.15) is 31.1 Å². The van der Waals surface area contributed by atoms with Gasteiger partial charge >= 0.3 is 0 Å². The van der Waals surface area contributed by atoms with Crippen LogP contribution in [0.4, 0.5) is 17.1 Å². The molecule has 1 aliphatic rings. The molecule has 0 fully saturated rings. The molecular formula is C20H21N3O4. The quantitative estimate of drug-likeness (QED) is 0.776. The number of hydrogen-bond donors (Lipinski definition) is 3. The van der Waals surface area contributed by atoms with Gasteiger partial charge in [-0.15, -0.1) is 0 Å². The molecule has 0 unspecified atom stereocenters. The van der Waals surface area contributed by atoms with Crippen LogP contribution in [0, 0.1) is 5.41 Å². The molecule has 0 aliphatic carbocycles. The minimum absolute atomic E-state index is 0.0220. The minimum atomic E-state index is -0.534. The average molecular weight is 367 g/mol. The van der Waals surface area contributed by atoms with Crippen LogP contribution in [0.5, 0.6) is 5.75 Å². The monoisotopic (exact) mass is 367 g/mol. The third-order valence-corrected chi connectivity index (χ3v) is 3.93. The molecule has 0 atom stereocenters. The van der Waals surface area contributed by atoms with Crippen molar-refractivity contribution in [3.8, 4) is 5.75 Å². The van der Waals surface area contributed by atoms with Crippen molar-refractivity contribution in [1.82, 2.24) is 0 Å². The predicted molar refractivity (Wildman–Crippen MR) is 103 cm³/mol. The van der Waals surface area contributed by atoms with Crippen molar-refractivity contribution in [1.29, 1.82) is 0 Å². The summed E-state index contributed by atoms with van der Waals surface area (Å²) in [6.07, 6.45) is 0. The second kappa shape index (κ2) is 7.11. The molecule has 1 aliphatic heterocycles. The van der Waals surface area contributed by atoms with E-state index in [-0.39, 0.29) is 24.3 Å². The third-order valence-electron chi connectivity index (χ3n) is 3.93. The molecule has 0 aromatic heterocycles. The van der Waals surface area contributed by atoms with Gasteiger partial charge in [-0.05, 0) is 36.4 Å². The molecule has 3 N–H and O–H groups in total. The van der Waals surface area contributed by atoms with Crippen molar-refractivity contribution in [2.45, 2.75) is 20.8 Å². The molecule has 27 heavy (non-hydrogen) atoms. The van der Waals surface area contributed by atoms with Crippen molar-refractivity contribution in [3.05, 3.63) is 48.0 Å². The van der Waals surface area contributed by atoms with Crippen LogP contribution in [0.25, 0.3) is 0 Å². The van der Waals surface area contributed by atoms with E-state index in [0.29, 0.717) is 28.4 Å². The normalized spacial score (nSPS) is 13.1. The number of anilines is 3. The highest BCUT2D eigenvalue weighted by molar-refractivity contribution is 6.06. The lowest BCUT2D eigenvalue weighted by atomic mass is 9.95. The first-order valence-corrected chi connectivity index (χ1v) is 8.52. The summed E-state index contributed by atoms with van der Waals surface area (Å²) < 4.78 is 5.30. The van der Waals surface area contributed by atoms with Gasteiger partial charge in [-0.3, -0.25) is 14.4 Å². The van der Waals surface area contributed by atoms with Gasteiger partial charge in [0.15, 0.2) is 6.61 Å². The standard InChI is InChI=1S/C20H21N3O4/c1-20(2,3)19(26)22-13-6-4-5-12(9-13)18(25)21-14-7-8-16-15(10-14)23-17(24)11-27-16/h4-10H,11H2,1-3H3,(H,21,25)(H,22,26)(H,23,24). The zero-order valence-electron chi connectivity index (χ0n) is 15.4. The SMILES string of the molecule is CC(C)(C)C(=O)Nc1cccc(C(=O)Nc2ccc3c(c2)NC(=O)CO3)c1. The fourth-order valence-electron chi connectivity index (χ4n) is 2.42. The first-order valence-electron chi connectivity index (χ1n) is 8.52. The summed E-state index contributed by atoms with van der Waals surface area (Å²) in [7, 11) is 0. The largest absolute Gasteiger partial charge is 0.482 e. The van der Waals surface area contributed by atoms with Gasteiger partial charge in [-0.25, -0.2) is 0 Å². The third kappa shape index (κ3) is 4.44. The Morgan fingerprint density at radius 2 is 1.78 bits per heavy atom.